The molecule has 2 aliphatic rings. The summed E-state index contributed by atoms with van der Waals surface area (Å²) in [5.41, 5.74) is 5.71. The summed E-state index contributed by atoms with van der Waals surface area (Å²) in [6.45, 7) is 1.82. The molecule has 2 atom stereocenters. The largest absolute Gasteiger partial charge is 0.373 e. The Balaban J connectivity index is 1.59. The van der Waals surface area contributed by atoms with E-state index < -0.39 is 0 Å². The van der Waals surface area contributed by atoms with Gasteiger partial charge in [-0.25, -0.2) is 0 Å². The average Bonchev–Trinajstić information content (AvgIpc) is 2.91. The van der Waals surface area contributed by atoms with Gasteiger partial charge in [-0.05, 0) is 35.1 Å². The highest BCUT2D eigenvalue weighted by Gasteiger charge is 2.28. The van der Waals surface area contributed by atoms with Crippen LogP contribution in [-0.4, -0.2) is 6.61 Å². The van der Waals surface area contributed by atoms with E-state index in [-0.39, 0.29) is 6.10 Å². The first-order valence-electron chi connectivity index (χ1n) is 7.42. The second-order valence-electron chi connectivity index (χ2n) is 5.68. The molecule has 0 aromatic heterocycles. The van der Waals surface area contributed by atoms with Crippen LogP contribution in [0.3, 0.4) is 0 Å². The number of hydrogen-bond acceptors (Lipinski definition) is 2. The lowest BCUT2D eigenvalue weighted by molar-refractivity contribution is 0.0300. The topological polar surface area (TPSA) is 21.3 Å². The van der Waals surface area contributed by atoms with Gasteiger partial charge in [-0.15, -0.1) is 0 Å². The molecule has 2 heterocycles. The molecule has 20 heavy (non-hydrogen) atoms. The Bertz CT molecular complexity index is 622. The third kappa shape index (κ3) is 2.05. The summed E-state index contributed by atoms with van der Waals surface area (Å²) in [5.74, 6) is 0. The highest BCUT2D eigenvalue weighted by molar-refractivity contribution is 5.35. The van der Waals surface area contributed by atoms with Gasteiger partial charge in [0.1, 0.15) is 0 Å². The third-order valence-electron chi connectivity index (χ3n) is 4.51. The summed E-state index contributed by atoms with van der Waals surface area (Å²) in [5, 5.41) is 3.62. The fraction of sp³-hybridized carbons (Fsp3) is 0.333. The summed E-state index contributed by atoms with van der Waals surface area (Å²) in [4.78, 5) is 0. The second-order valence-corrected chi connectivity index (χ2v) is 5.68. The molecule has 102 valence electrons. The minimum Gasteiger partial charge on any atom is -0.373 e. The molecule has 4 rings (SSSR count). The van der Waals surface area contributed by atoms with Crippen molar-refractivity contribution in [2.24, 2.45) is 0 Å². The number of rotatable bonds is 2. The van der Waals surface area contributed by atoms with E-state index in [0.29, 0.717) is 6.04 Å². The number of ether oxygens (including phenoxy) is 1. The fourth-order valence-corrected chi connectivity index (χ4v) is 3.47. The van der Waals surface area contributed by atoms with Gasteiger partial charge >= 0.3 is 0 Å². The van der Waals surface area contributed by atoms with E-state index in [1.807, 2.05) is 0 Å². The Hall–Kier alpha value is -1.64. The van der Waals surface area contributed by atoms with Crippen LogP contribution in [0.1, 0.15) is 40.8 Å². The van der Waals surface area contributed by atoms with Crippen molar-refractivity contribution in [1.29, 1.82) is 0 Å². The van der Waals surface area contributed by atoms with Crippen LogP contribution in [0.2, 0.25) is 0 Å². The van der Waals surface area contributed by atoms with Crippen molar-refractivity contribution in [2.75, 3.05) is 6.61 Å². The monoisotopic (exact) mass is 265 g/mol. The highest BCUT2D eigenvalue weighted by Crippen LogP contribution is 2.37. The van der Waals surface area contributed by atoms with Gasteiger partial charge in [0.05, 0.1) is 12.7 Å². The predicted molar refractivity (Wildman–Crippen MR) is 79.5 cm³/mol. The van der Waals surface area contributed by atoms with Crippen LogP contribution in [0.5, 0.6) is 0 Å². The first-order valence-corrected chi connectivity index (χ1v) is 7.42. The van der Waals surface area contributed by atoms with E-state index in [1.54, 1.807) is 0 Å². The first kappa shape index (κ1) is 12.1. The van der Waals surface area contributed by atoms with Crippen molar-refractivity contribution in [3.63, 3.8) is 0 Å². The number of benzene rings is 2. The number of hydrogen-bond donors (Lipinski definition) is 1. The van der Waals surface area contributed by atoms with Crippen molar-refractivity contribution < 1.29 is 4.74 Å². The molecule has 0 bridgehead atoms. The Kier molecular flexibility index (Phi) is 3.06. The molecule has 0 fully saturated rings. The number of nitrogens with one attached hydrogen (secondary N) is 1. The fourth-order valence-electron chi connectivity index (χ4n) is 3.47. The van der Waals surface area contributed by atoms with Crippen molar-refractivity contribution in [2.45, 2.75) is 31.5 Å². The van der Waals surface area contributed by atoms with Crippen molar-refractivity contribution in [3.05, 3.63) is 70.8 Å². The van der Waals surface area contributed by atoms with E-state index in [1.165, 1.54) is 22.3 Å². The van der Waals surface area contributed by atoms with E-state index >= 15 is 0 Å². The molecule has 2 aromatic carbocycles. The summed E-state index contributed by atoms with van der Waals surface area (Å²) in [7, 11) is 0. The van der Waals surface area contributed by atoms with Crippen LogP contribution in [0.4, 0.5) is 0 Å². The van der Waals surface area contributed by atoms with Gasteiger partial charge in [0.15, 0.2) is 0 Å². The Labute approximate surface area is 119 Å². The van der Waals surface area contributed by atoms with E-state index in [2.05, 4.69) is 53.8 Å². The van der Waals surface area contributed by atoms with E-state index in [4.69, 9.17) is 4.74 Å². The second kappa shape index (κ2) is 5.04. The lowest BCUT2D eigenvalue weighted by Gasteiger charge is -2.28. The highest BCUT2D eigenvalue weighted by atomic mass is 16.5. The third-order valence-corrected chi connectivity index (χ3v) is 4.51. The quantitative estimate of drug-likeness (QED) is 0.897. The molecule has 2 unspecified atom stereocenters. The van der Waals surface area contributed by atoms with Crippen LogP contribution in [-0.2, 0) is 17.7 Å². The van der Waals surface area contributed by atoms with Gasteiger partial charge in [-0.2, -0.15) is 0 Å². The summed E-state index contributed by atoms with van der Waals surface area (Å²) in [6, 6.07) is 17.8. The molecule has 0 saturated heterocycles. The smallest absolute Gasteiger partial charge is 0.0845 e. The molecule has 2 heteroatoms. The predicted octanol–water partition coefficient (Wildman–Crippen LogP) is 3.54. The van der Waals surface area contributed by atoms with Gasteiger partial charge in [0.2, 0.25) is 0 Å². The first-order chi connectivity index (χ1) is 9.92. The lowest BCUT2D eigenvalue weighted by Crippen LogP contribution is -2.21. The van der Waals surface area contributed by atoms with Gasteiger partial charge in [-0.1, -0.05) is 48.5 Å². The molecule has 0 radical (unpaired) electrons. The van der Waals surface area contributed by atoms with Crippen LogP contribution in [0.15, 0.2) is 48.5 Å². The normalized spacial score (nSPS) is 24.2. The average molecular weight is 265 g/mol. The number of fused-ring (bicyclic) bond motifs is 2. The molecular weight excluding hydrogens is 246 g/mol. The Morgan fingerprint density at radius 1 is 0.950 bits per heavy atom. The molecule has 1 N–H and O–H groups in total. The maximum Gasteiger partial charge on any atom is 0.0845 e. The van der Waals surface area contributed by atoms with Gasteiger partial charge < -0.3 is 10.1 Å². The van der Waals surface area contributed by atoms with Crippen molar-refractivity contribution >= 4 is 0 Å². The lowest BCUT2D eigenvalue weighted by atomic mass is 9.91. The Morgan fingerprint density at radius 2 is 1.70 bits per heavy atom. The van der Waals surface area contributed by atoms with Crippen LogP contribution < -0.4 is 5.32 Å². The molecule has 2 aliphatic heterocycles. The maximum atomic E-state index is 6.04. The van der Waals surface area contributed by atoms with E-state index in [9.17, 15) is 0 Å². The van der Waals surface area contributed by atoms with Crippen LogP contribution >= 0.6 is 0 Å². The molecule has 0 saturated carbocycles. The zero-order chi connectivity index (χ0) is 13.4. The van der Waals surface area contributed by atoms with Crippen LogP contribution in [0, 0.1) is 0 Å². The SMILES string of the molecule is c1ccc2c(c1)CNC2CC1OCCc2ccccc21. The molecule has 2 nitrogen and oxygen atoms in total. The summed E-state index contributed by atoms with van der Waals surface area (Å²) in [6.07, 6.45) is 2.29. The molecule has 0 aliphatic carbocycles. The molecular formula is C18H19NO. The molecule has 0 amide bonds. The molecule has 0 spiro atoms. The Morgan fingerprint density at radius 3 is 2.60 bits per heavy atom. The van der Waals surface area contributed by atoms with Crippen molar-refractivity contribution in [1.82, 2.24) is 5.32 Å². The maximum absolute atomic E-state index is 6.04. The van der Waals surface area contributed by atoms with Gasteiger partial charge in [-0.3, -0.25) is 0 Å². The zero-order valence-corrected chi connectivity index (χ0v) is 11.5. The van der Waals surface area contributed by atoms with Crippen molar-refractivity contribution in [3.8, 4) is 0 Å². The standard InChI is InChI=1S/C18H19NO/c1-4-8-16-13(5-1)9-10-20-18(16)11-17-15-7-3-2-6-14(15)12-19-17/h1-8,17-19H,9-12H2. The summed E-state index contributed by atoms with van der Waals surface area (Å²) < 4.78 is 6.04. The summed E-state index contributed by atoms with van der Waals surface area (Å²) >= 11 is 0. The molecule has 2 aromatic rings. The van der Waals surface area contributed by atoms with Gasteiger partial charge in [0, 0.05) is 12.6 Å². The zero-order valence-electron chi connectivity index (χ0n) is 11.5. The minimum atomic E-state index is 0.226. The van der Waals surface area contributed by atoms with Crippen LogP contribution in [0.25, 0.3) is 0 Å². The van der Waals surface area contributed by atoms with Gasteiger partial charge in [0.25, 0.3) is 0 Å². The van der Waals surface area contributed by atoms with E-state index in [0.717, 1.165) is 26.0 Å². The minimum absolute atomic E-state index is 0.226.